The van der Waals surface area contributed by atoms with Gasteiger partial charge in [0.15, 0.2) is 0 Å². The Balaban J connectivity index is 2.04. The van der Waals surface area contributed by atoms with Crippen LogP contribution in [0.3, 0.4) is 0 Å². The van der Waals surface area contributed by atoms with Crippen molar-refractivity contribution in [2.75, 3.05) is 17.1 Å². The highest BCUT2D eigenvalue weighted by Crippen LogP contribution is 2.27. The summed E-state index contributed by atoms with van der Waals surface area (Å²) in [6.45, 7) is 8.61. The first-order valence-corrected chi connectivity index (χ1v) is 15.9. The monoisotopic (exact) mass is 601 g/mol. The van der Waals surface area contributed by atoms with Gasteiger partial charge < -0.3 is 10.2 Å². The van der Waals surface area contributed by atoms with Crippen LogP contribution in [0.5, 0.6) is 0 Å². The largest absolute Gasteiger partial charge is 0.350 e. The van der Waals surface area contributed by atoms with Crippen LogP contribution in [-0.2, 0) is 26.2 Å². The Morgan fingerprint density at radius 2 is 1.57 bits per heavy atom. The zero-order valence-electron chi connectivity index (χ0n) is 23.6. The second-order valence-corrected chi connectivity index (χ2v) is 13.7. The number of rotatable bonds is 10. The summed E-state index contributed by atoms with van der Waals surface area (Å²) < 4.78 is 28.9. The predicted molar refractivity (Wildman–Crippen MR) is 163 cm³/mol. The van der Waals surface area contributed by atoms with Crippen LogP contribution in [0, 0.1) is 6.92 Å². The van der Waals surface area contributed by atoms with Gasteiger partial charge in [-0.3, -0.25) is 13.9 Å². The minimum atomic E-state index is -4.13. The van der Waals surface area contributed by atoms with E-state index in [-0.39, 0.29) is 17.3 Å². The van der Waals surface area contributed by atoms with Gasteiger partial charge in [0.25, 0.3) is 10.0 Å². The first-order valence-electron chi connectivity index (χ1n) is 12.8. The summed E-state index contributed by atoms with van der Waals surface area (Å²) in [4.78, 5) is 29.5. The Kier molecular flexibility index (Phi) is 10.3. The van der Waals surface area contributed by atoms with Crippen LogP contribution in [0.25, 0.3) is 0 Å². The van der Waals surface area contributed by atoms with E-state index in [1.54, 1.807) is 67.6 Å². The second kappa shape index (κ2) is 13.1. The zero-order valence-corrected chi connectivity index (χ0v) is 26.0. The topological polar surface area (TPSA) is 86.8 Å². The number of thioether (sulfide) groups is 1. The van der Waals surface area contributed by atoms with Gasteiger partial charge in [0.1, 0.15) is 12.6 Å². The highest BCUT2D eigenvalue weighted by molar-refractivity contribution is 7.98. The molecular formula is C30H36ClN3O4S2. The number of hydrogen-bond donors (Lipinski definition) is 1. The van der Waals surface area contributed by atoms with Gasteiger partial charge in [-0.25, -0.2) is 8.42 Å². The third-order valence-electron chi connectivity index (χ3n) is 6.21. The van der Waals surface area contributed by atoms with Gasteiger partial charge in [0.2, 0.25) is 11.8 Å². The minimum absolute atomic E-state index is 0.0292. The van der Waals surface area contributed by atoms with E-state index in [0.29, 0.717) is 16.3 Å². The van der Waals surface area contributed by atoms with Gasteiger partial charge in [0, 0.05) is 22.0 Å². The molecule has 3 rings (SSSR count). The predicted octanol–water partition coefficient (Wildman–Crippen LogP) is 5.90. The lowest BCUT2D eigenvalue weighted by molar-refractivity contribution is -0.140. The average molecular weight is 602 g/mol. The van der Waals surface area contributed by atoms with E-state index in [0.717, 1.165) is 14.8 Å². The van der Waals surface area contributed by atoms with E-state index in [1.165, 1.54) is 28.8 Å². The molecule has 0 saturated heterocycles. The van der Waals surface area contributed by atoms with Crippen LogP contribution in [0.4, 0.5) is 5.69 Å². The molecule has 3 aromatic carbocycles. The third kappa shape index (κ3) is 8.02. The van der Waals surface area contributed by atoms with Gasteiger partial charge in [0.05, 0.1) is 10.6 Å². The van der Waals surface area contributed by atoms with E-state index >= 15 is 0 Å². The molecule has 0 saturated carbocycles. The maximum Gasteiger partial charge on any atom is 0.264 e. The first kappa shape index (κ1) is 31.5. The fourth-order valence-electron chi connectivity index (χ4n) is 3.98. The molecule has 1 atom stereocenters. The number of benzene rings is 3. The molecule has 0 fully saturated rings. The minimum Gasteiger partial charge on any atom is -0.350 e. The number of nitrogens with zero attached hydrogens (tertiary/aromatic N) is 2. The summed E-state index contributed by atoms with van der Waals surface area (Å²) in [6, 6.07) is 19.6. The third-order valence-corrected chi connectivity index (χ3v) is 9.11. The van der Waals surface area contributed by atoms with Gasteiger partial charge in [-0.15, -0.1) is 11.8 Å². The molecule has 0 aliphatic heterocycles. The number of aryl methyl sites for hydroxylation is 1. The van der Waals surface area contributed by atoms with Gasteiger partial charge in [-0.2, -0.15) is 0 Å². The summed E-state index contributed by atoms with van der Waals surface area (Å²) in [5.74, 6) is -0.897. The highest BCUT2D eigenvalue weighted by atomic mass is 35.5. The van der Waals surface area contributed by atoms with E-state index < -0.39 is 34.1 Å². The van der Waals surface area contributed by atoms with Crippen molar-refractivity contribution in [3.63, 3.8) is 0 Å². The standard InChI is InChI=1S/C30H36ClN3O4S2/c1-21-11-13-24(14-12-21)34(40(37,38)26-17-15-25(39-6)16-18-26)20-28(35)33(19-23-9-7-8-10-27(23)31)22(2)29(36)32-30(3,4)5/h7-18,22H,19-20H2,1-6H3,(H,32,36)/t22-/m0/s1. The molecule has 0 unspecified atom stereocenters. The highest BCUT2D eigenvalue weighted by Gasteiger charge is 2.33. The fraction of sp³-hybridized carbons (Fsp3) is 0.333. The van der Waals surface area contributed by atoms with Crippen molar-refractivity contribution in [1.29, 1.82) is 0 Å². The van der Waals surface area contributed by atoms with Gasteiger partial charge in [-0.05, 0) is 88.9 Å². The fourth-order valence-corrected chi connectivity index (χ4v) is 6.00. The molecule has 10 heteroatoms. The molecule has 40 heavy (non-hydrogen) atoms. The van der Waals surface area contributed by atoms with E-state index in [1.807, 2.05) is 34.0 Å². The number of anilines is 1. The summed E-state index contributed by atoms with van der Waals surface area (Å²) in [5.41, 5.74) is 1.41. The van der Waals surface area contributed by atoms with Crippen molar-refractivity contribution in [3.05, 3.63) is 88.9 Å². The van der Waals surface area contributed by atoms with Crippen molar-refractivity contribution in [2.45, 2.75) is 62.5 Å². The SMILES string of the molecule is CSc1ccc(S(=O)(=O)N(CC(=O)N(Cc2ccccc2Cl)[C@@H](C)C(=O)NC(C)(C)C)c2ccc(C)cc2)cc1. The normalized spacial score (nSPS) is 12.5. The number of carbonyl (C=O) groups excluding carboxylic acids is 2. The molecule has 1 N–H and O–H groups in total. The van der Waals surface area contributed by atoms with Gasteiger partial charge in [-0.1, -0.05) is 47.5 Å². The molecule has 2 amide bonds. The Labute approximate surface area is 247 Å². The van der Waals surface area contributed by atoms with Crippen LogP contribution < -0.4 is 9.62 Å². The summed E-state index contributed by atoms with van der Waals surface area (Å²) in [5, 5.41) is 3.36. The second-order valence-electron chi connectivity index (χ2n) is 10.6. The molecule has 0 aliphatic rings. The zero-order chi connectivity index (χ0) is 29.7. The molecule has 0 radical (unpaired) electrons. The van der Waals surface area contributed by atoms with Gasteiger partial charge >= 0.3 is 0 Å². The molecule has 0 bridgehead atoms. The Morgan fingerprint density at radius 3 is 2.12 bits per heavy atom. The number of halogens is 1. The van der Waals surface area contributed by atoms with Crippen molar-refractivity contribution in [3.8, 4) is 0 Å². The average Bonchev–Trinajstić information content (AvgIpc) is 2.90. The van der Waals surface area contributed by atoms with E-state index in [2.05, 4.69) is 5.32 Å². The molecular weight excluding hydrogens is 566 g/mol. The van der Waals surface area contributed by atoms with Crippen LogP contribution in [0.2, 0.25) is 5.02 Å². The number of sulfonamides is 1. The van der Waals surface area contributed by atoms with Crippen molar-refractivity contribution < 1.29 is 18.0 Å². The molecule has 3 aromatic rings. The van der Waals surface area contributed by atoms with Crippen molar-refractivity contribution in [2.24, 2.45) is 0 Å². The molecule has 0 aromatic heterocycles. The number of carbonyl (C=O) groups is 2. The van der Waals surface area contributed by atoms with Crippen LogP contribution in [0.15, 0.2) is 82.6 Å². The van der Waals surface area contributed by atoms with Crippen molar-refractivity contribution >= 4 is 50.9 Å². The maximum atomic E-state index is 14.0. The lowest BCUT2D eigenvalue weighted by Gasteiger charge is -2.33. The summed E-state index contributed by atoms with van der Waals surface area (Å²) in [7, 11) is -4.13. The quantitative estimate of drug-likeness (QED) is 0.293. The Bertz CT molecular complexity index is 1440. The van der Waals surface area contributed by atoms with Crippen LogP contribution in [0.1, 0.15) is 38.8 Å². The smallest absolute Gasteiger partial charge is 0.264 e. The molecule has 0 spiro atoms. The number of nitrogens with one attached hydrogen (secondary N) is 1. The molecule has 7 nitrogen and oxygen atoms in total. The van der Waals surface area contributed by atoms with E-state index in [4.69, 9.17) is 11.6 Å². The van der Waals surface area contributed by atoms with Crippen LogP contribution in [-0.4, -0.2) is 49.5 Å². The van der Waals surface area contributed by atoms with E-state index in [9.17, 15) is 18.0 Å². The Hall–Kier alpha value is -3.01. The molecule has 0 heterocycles. The van der Waals surface area contributed by atoms with Crippen LogP contribution >= 0.6 is 23.4 Å². The molecule has 0 aliphatic carbocycles. The Morgan fingerprint density at radius 1 is 0.975 bits per heavy atom. The summed E-state index contributed by atoms with van der Waals surface area (Å²) >= 11 is 7.91. The lowest BCUT2D eigenvalue weighted by Crippen LogP contribution is -2.54. The summed E-state index contributed by atoms with van der Waals surface area (Å²) in [6.07, 6.45) is 1.91. The molecule has 214 valence electrons. The lowest BCUT2D eigenvalue weighted by atomic mass is 10.1. The maximum absolute atomic E-state index is 14.0. The number of hydrogen-bond acceptors (Lipinski definition) is 5. The first-order chi connectivity index (χ1) is 18.7. The number of amides is 2. The van der Waals surface area contributed by atoms with Crippen molar-refractivity contribution in [1.82, 2.24) is 10.2 Å².